The van der Waals surface area contributed by atoms with Crippen LogP contribution in [0.15, 0.2) is 36.4 Å². The fraction of sp³-hybridized carbons (Fsp3) is 0.412. The van der Waals surface area contributed by atoms with Gasteiger partial charge in [0.1, 0.15) is 5.75 Å². The van der Waals surface area contributed by atoms with Crippen molar-refractivity contribution in [2.45, 2.75) is 38.3 Å². The summed E-state index contributed by atoms with van der Waals surface area (Å²) < 4.78 is 5.24. The monoisotopic (exact) mass is 271 g/mol. The number of hydrogen-bond acceptors (Lipinski definition) is 3. The lowest BCUT2D eigenvalue weighted by molar-refractivity contribution is -0.0243. The molecule has 1 aliphatic carbocycles. The molecule has 3 rings (SSSR count). The average Bonchev–Trinajstić information content (AvgIpc) is 3.00. The molecule has 1 aliphatic rings. The molecule has 2 aromatic rings. The Balaban J connectivity index is 1.63. The Hall–Kier alpha value is -1.58. The zero-order chi connectivity index (χ0) is 13.8. The summed E-state index contributed by atoms with van der Waals surface area (Å²) in [7, 11) is 1.69. The number of fused-ring (bicyclic) bond motifs is 1. The summed E-state index contributed by atoms with van der Waals surface area (Å²) in [6.07, 6.45) is 5.36. The van der Waals surface area contributed by atoms with E-state index in [1.807, 2.05) is 6.07 Å². The smallest absolute Gasteiger partial charge is 0.119 e. The first-order valence-electron chi connectivity index (χ1n) is 7.30. The molecule has 2 aromatic carbocycles. The fourth-order valence-corrected chi connectivity index (χ4v) is 2.76. The molecule has 0 saturated heterocycles. The van der Waals surface area contributed by atoms with E-state index in [2.05, 4.69) is 35.8 Å². The molecule has 1 saturated carbocycles. The molecule has 0 radical (unpaired) electrons. The zero-order valence-corrected chi connectivity index (χ0v) is 11.9. The summed E-state index contributed by atoms with van der Waals surface area (Å²) in [5.74, 6) is 0.896. The van der Waals surface area contributed by atoms with Crippen molar-refractivity contribution in [1.82, 2.24) is 5.48 Å². The fourth-order valence-electron chi connectivity index (χ4n) is 2.76. The van der Waals surface area contributed by atoms with Gasteiger partial charge in [-0.25, -0.2) is 0 Å². The second kappa shape index (κ2) is 6.25. The van der Waals surface area contributed by atoms with E-state index in [0.717, 1.165) is 12.3 Å². The first-order chi connectivity index (χ1) is 9.85. The van der Waals surface area contributed by atoms with Crippen molar-refractivity contribution in [1.29, 1.82) is 0 Å². The van der Waals surface area contributed by atoms with Gasteiger partial charge in [-0.05, 0) is 47.4 Å². The van der Waals surface area contributed by atoms with Crippen LogP contribution in [-0.4, -0.2) is 13.2 Å². The highest BCUT2D eigenvalue weighted by molar-refractivity contribution is 5.84. The molecule has 0 heterocycles. The summed E-state index contributed by atoms with van der Waals surface area (Å²) in [6, 6.07) is 12.6. The van der Waals surface area contributed by atoms with Crippen LogP contribution in [0, 0.1) is 0 Å². The second-order valence-corrected chi connectivity index (χ2v) is 5.39. The molecule has 106 valence electrons. The summed E-state index contributed by atoms with van der Waals surface area (Å²) in [4.78, 5) is 5.69. The van der Waals surface area contributed by atoms with Gasteiger partial charge in [0.05, 0.1) is 13.2 Å². The van der Waals surface area contributed by atoms with Crippen molar-refractivity contribution in [3.8, 4) is 5.75 Å². The highest BCUT2D eigenvalue weighted by atomic mass is 16.7. The van der Waals surface area contributed by atoms with E-state index in [4.69, 9.17) is 9.57 Å². The molecular weight excluding hydrogens is 250 g/mol. The van der Waals surface area contributed by atoms with Crippen LogP contribution in [0.25, 0.3) is 10.8 Å². The minimum absolute atomic E-state index is 0.403. The second-order valence-electron chi connectivity index (χ2n) is 5.39. The zero-order valence-electron chi connectivity index (χ0n) is 11.9. The van der Waals surface area contributed by atoms with E-state index in [-0.39, 0.29) is 0 Å². The molecule has 0 spiro atoms. The third-order valence-corrected chi connectivity index (χ3v) is 3.94. The third-order valence-electron chi connectivity index (χ3n) is 3.94. The van der Waals surface area contributed by atoms with Crippen molar-refractivity contribution in [2.75, 3.05) is 7.11 Å². The normalized spacial score (nSPS) is 15.8. The Kier molecular flexibility index (Phi) is 4.19. The number of rotatable bonds is 5. The Labute approximate surface area is 119 Å². The van der Waals surface area contributed by atoms with Gasteiger partial charge in [-0.2, -0.15) is 5.48 Å². The average molecular weight is 271 g/mol. The molecule has 0 amide bonds. The van der Waals surface area contributed by atoms with Gasteiger partial charge in [-0.15, -0.1) is 0 Å². The van der Waals surface area contributed by atoms with Gasteiger partial charge in [0, 0.05) is 6.54 Å². The quantitative estimate of drug-likeness (QED) is 0.839. The highest BCUT2D eigenvalue weighted by Gasteiger charge is 2.15. The van der Waals surface area contributed by atoms with E-state index in [0.29, 0.717) is 6.10 Å². The lowest BCUT2D eigenvalue weighted by Gasteiger charge is -2.12. The molecule has 0 aromatic heterocycles. The Morgan fingerprint density at radius 2 is 1.80 bits per heavy atom. The van der Waals surface area contributed by atoms with Gasteiger partial charge in [-0.1, -0.05) is 31.0 Å². The molecule has 3 nitrogen and oxygen atoms in total. The first-order valence-corrected chi connectivity index (χ1v) is 7.30. The summed E-state index contributed by atoms with van der Waals surface area (Å²) in [5.41, 5.74) is 4.34. The SMILES string of the molecule is COc1ccc2cc(CNOC3CCCC3)ccc2c1. The van der Waals surface area contributed by atoms with Gasteiger partial charge < -0.3 is 4.74 Å². The minimum Gasteiger partial charge on any atom is -0.497 e. The first kappa shape index (κ1) is 13.4. The maximum atomic E-state index is 5.69. The van der Waals surface area contributed by atoms with Crippen LogP contribution in [0.1, 0.15) is 31.2 Å². The predicted molar refractivity (Wildman–Crippen MR) is 80.7 cm³/mol. The molecule has 0 aliphatic heterocycles. The van der Waals surface area contributed by atoms with Crippen LogP contribution in [0.3, 0.4) is 0 Å². The van der Waals surface area contributed by atoms with Crippen LogP contribution < -0.4 is 10.2 Å². The van der Waals surface area contributed by atoms with Crippen molar-refractivity contribution >= 4 is 10.8 Å². The molecule has 1 N–H and O–H groups in total. The van der Waals surface area contributed by atoms with Gasteiger partial charge in [0.15, 0.2) is 0 Å². The molecule has 0 unspecified atom stereocenters. The Bertz CT molecular complexity index is 576. The molecule has 20 heavy (non-hydrogen) atoms. The number of hydrogen-bond donors (Lipinski definition) is 1. The van der Waals surface area contributed by atoms with Gasteiger partial charge in [-0.3, -0.25) is 4.84 Å². The van der Waals surface area contributed by atoms with Crippen molar-refractivity contribution in [3.63, 3.8) is 0 Å². The number of benzene rings is 2. The van der Waals surface area contributed by atoms with Crippen molar-refractivity contribution in [3.05, 3.63) is 42.0 Å². The lowest BCUT2D eigenvalue weighted by atomic mass is 10.1. The topological polar surface area (TPSA) is 30.5 Å². The van der Waals surface area contributed by atoms with Crippen LogP contribution in [-0.2, 0) is 11.4 Å². The number of ether oxygens (including phenoxy) is 1. The number of hydroxylamine groups is 1. The van der Waals surface area contributed by atoms with Crippen molar-refractivity contribution < 1.29 is 9.57 Å². The van der Waals surface area contributed by atoms with Crippen LogP contribution in [0.2, 0.25) is 0 Å². The van der Waals surface area contributed by atoms with Gasteiger partial charge in [0.2, 0.25) is 0 Å². The molecule has 0 bridgehead atoms. The highest BCUT2D eigenvalue weighted by Crippen LogP contribution is 2.22. The van der Waals surface area contributed by atoms with E-state index >= 15 is 0 Å². The maximum absolute atomic E-state index is 5.69. The number of nitrogens with one attached hydrogen (secondary N) is 1. The minimum atomic E-state index is 0.403. The maximum Gasteiger partial charge on any atom is 0.119 e. The van der Waals surface area contributed by atoms with E-state index in [1.165, 1.54) is 42.0 Å². The summed E-state index contributed by atoms with van der Waals surface area (Å²) in [5, 5.41) is 2.43. The molecule has 3 heteroatoms. The van der Waals surface area contributed by atoms with E-state index in [1.54, 1.807) is 7.11 Å². The Morgan fingerprint density at radius 3 is 2.60 bits per heavy atom. The van der Waals surface area contributed by atoms with E-state index in [9.17, 15) is 0 Å². The van der Waals surface area contributed by atoms with Crippen LogP contribution in [0.5, 0.6) is 5.75 Å². The standard InChI is InChI=1S/C17H21NO2/c1-19-17-9-8-14-10-13(6-7-15(14)11-17)12-18-20-16-4-2-3-5-16/h6-11,16,18H,2-5,12H2,1H3. The van der Waals surface area contributed by atoms with Crippen LogP contribution >= 0.6 is 0 Å². The van der Waals surface area contributed by atoms with Crippen LogP contribution in [0.4, 0.5) is 0 Å². The third kappa shape index (κ3) is 3.11. The predicted octanol–water partition coefficient (Wildman–Crippen LogP) is 3.81. The largest absolute Gasteiger partial charge is 0.497 e. The lowest BCUT2D eigenvalue weighted by Crippen LogP contribution is -2.21. The molecule has 1 fully saturated rings. The van der Waals surface area contributed by atoms with E-state index < -0.39 is 0 Å². The molecule has 0 atom stereocenters. The summed E-state index contributed by atoms with van der Waals surface area (Å²) in [6.45, 7) is 0.748. The summed E-state index contributed by atoms with van der Waals surface area (Å²) >= 11 is 0. The van der Waals surface area contributed by atoms with Gasteiger partial charge >= 0.3 is 0 Å². The van der Waals surface area contributed by atoms with Crippen molar-refractivity contribution in [2.24, 2.45) is 0 Å². The molecular formula is C17H21NO2. The van der Waals surface area contributed by atoms with Gasteiger partial charge in [0.25, 0.3) is 0 Å². The number of methoxy groups -OCH3 is 1. The Morgan fingerprint density at radius 1 is 1.05 bits per heavy atom.